The minimum atomic E-state index is -0.162. The van der Waals surface area contributed by atoms with Crippen molar-refractivity contribution >= 4 is 11.8 Å². The van der Waals surface area contributed by atoms with Gasteiger partial charge in [0.05, 0.1) is 0 Å². The quantitative estimate of drug-likeness (QED) is 0.673. The van der Waals surface area contributed by atoms with Gasteiger partial charge in [-0.05, 0) is 44.0 Å². The van der Waals surface area contributed by atoms with Crippen molar-refractivity contribution < 1.29 is 9.59 Å². The van der Waals surface area contributed by atoms with Crippen LogP contribution >= 0.6 is 0 Å². The highest BCUT2D eigenvalue weighted by molar-refractivity contribution is 5.94. The van der Waals surface area contributed by atoms with E-state index in [1.54, 1.807) is 6.07 Å². The molecule has 5 heteroatoms. The molecular formula is C16H25N3O2. The Bertz CT molecular complexity index is 474. The Balaban J connectivity index is 2.40. The fourth-order valence-electron chi connectivity index (χ4n) is 1.88. The highest BCUT2D eigenvalue weighted by Crippen LogP contribution is 2.05. The molecule has 0 aliphatic carbocycles. The standard InChI is InChI=1S/C16H25N3O2/c1-3-12(2)19-15(20)8-10-18-16(21)14-6-4-5-13(11-14)7-9-17/h4-6,11-12H,3,7-10,17H2,1-2H3,(H,18,21)(H,19,20). The molecule has 0 heterocycles. The fourth-order valence-corrected chi connectivity index (χ4v) is 1.88. The molecule has 1 aromatic carbocycles. The highest BCUT2D eigenvalue weighted by Gasteiger charge is 2.08. The highest BCUT2D eigenvalue weighted by atomic mass is 16.2. The van der Waals surface area contributed by atoms with Crippen LogP contribution in [0, 0.1) is 0 Å². The maximum absolute atomic E-state index is 12.0. The summed E-state index contributed by atoms with van der Waals surface area (Å²) in [4.78, 5) is 23.6. The molecule has 0 aliphatic heterocycles. The molecule has 0 spiro atoms. The summed E-state index contributed by atoms with van der Waals surface area (Å²) in [5.74, 6) is -0.202. The second kappa shape index (κ2) is 9.13. The predicted molar refractivity (Wildman–Crippen MR) is 84.0 cm³/mol. The van der Waals surface area contributed by atoms with Crippen molar-refractivity contribution in [1.82, 2.24) is 10.6 Å². The predicted octanol–water partition coefficient (Wildman–Crippen LogP) is 1.22. The molecule has 1 atom stereocenters. The average molecular weight is 291 g/mol. The van der Waals surface area contributed by atoms with Crippen LogP contribution in [0.5, 0.6) is 0 Å². The topological polar surface area (TPSA) is 84.2 Å². The van der Waals surface area contributed by atoms with Gasteiger partial charge in [0, 0.05) is 24.6 Å². The fraction of sp³-hybridized carbons (Fsp3) is 0.500. The maximum Gasteiger partial charge on any atom is 0.251 e. The van der Waals surface area contributed by atoms with Gasteiger partial charge in [-0.3, -0.25) is 9.59 Å². The minimum Gasteiger partial charge on any atom is -0.354 e. The van der Waals surface area contributed by atoms with Gasteiger partial charge >= 0.3 is 0 Å². The monoisotopic (exact) mass is 291 g/mol. The molecule has 0 aliphatic rings. The molecule has 1 unspecified atom stereocenters. The zero-order chi connectivity index (χ0) is 15.7. The molecule has 0 saturated carbocycles. The van der Waals surface area contributed by atoms with E-state index < -0.39 is 0 Å². The van der Waals surface area contributed by atoms with Crippen molar-refractivity contribution in [2.75, 3.05) is 13.1 Å². The molecule has 21 heavy (non-hydrogen) atoms. The van der Waals surface area contributed by atoms with E-state index in [0.717, 1.165) is 18.4 Å². The van der Waals surface area contributed by atoms with Crippen LogP contribution < -0.4 is 16.4 Å². The molecule has 116 valence electrons. The van der Waals surface area contributed by atoms with Crippen molar-refractivity contribution in [1.29, 1.82) is 0 Å². The first kappa shape index (κ1) is 17.2. The van der Waals surface area contributed by atoms with Crippen molar-refractivity contribution in [3.63, 3.8) is 0 Å². The lowest BCUT2D eigenvalue weighted by Gasteiger charge is -2.11. The van der Waals surface area contributed by atoms with Gasteiger partial charge in [0.25, 0.3) is 5.91 Å². The number of hydrogen-bond donors (Lipinski definition) is 3. The Hall–Kier alpha value is -1.88. The first-order chi connectivity index (χ1) is 10.1. The summed E-state index contributed by atoms with van der Waals surface area (Å²) >= 11 is 0. The molecule has 0 fully saturated rings. The summed E-state index contributed by atoms with van der Waals surface area (Å²) in [5, 5.41) is 5.62. The van der Waals surface area contributed by atoms with Crippen LogP contribution in [-0.2, 0) is 11.2 Å². The van der Waals surface area contributed by atoms with Crippen molar-refractivity contribution in [3.05, 3.63) is 35.4 Å². The lowest BCUT2D eigenvalue weighted by atomic mass is 10.1. The Morgan fingerprint density at radius 3 is 2.76 bits per heavy atom. The van der Waals surface area contributed by atoms with E-state index >= 15 is 0 Å². The van der Waals surface area contributed by atoms with E-state index in [2.05, 4.69) is 10.6 Å². The molecule has 1 aromatic rings. The van der Waals surface area contributed by atoms with E-state index in [0.29, 0.717) is 25.1 Å². The van der Waals surface area contributed by atoms with Gasteiger partial charge in [-0.1, -0.05) is 19.1 Å². The van der Waals surface area contributed by atoms with Crippen LogP contribution in [0.2, 0.25) is 0 Å². The Morgan fingerprint density at radius 1 is 1.33 bits per heavy atom. The number of carbonyl (C=O) groups excluding carboxylic acids is 2. The third-order valence-corrected chi connectivity index (χ3v) is 3.28. The van der Waals surface area contributed by atoms with Crippen LogP contribution in [0.1, 0.15) is 42.6 Å². The summed E-state index contributed by atoms with van der Waals surface area (Å²) in [6, 6.07) is 7.55. The third kappa shape index (κ3) is 6.40. The summed E-state index contributed by atoms with van der Waals surface area (Å²) in [7, 11) is 0. The van der Waals surface area contributed by atoms with Gasteiger partial charge in [0.15, 0.2) is 0 Å². The molecule has 2 amide bonds. The minimum absolute atomic E-state index is 0.0402. The number of rotatable bonds is 8. The van der Waals surface area contributed by atoms with E-state index in [1.807, 2.05) is 32.0 Å². The van der Waals surface area contributed by atoms with Gasteiger partial charge in [-0.15, -0.1) is 0 Å². The molecule has 0 radical (unpaired) electrons. The second-order valence-corrected chi connectivity index (χ2v) is 5.12. The van der Waals surface area contributed by atoms with Crippen molar-refractivity contribution in [2.24, 2.45) is 5.73 Å². The van der Waals surface area contributed by atoms with Crippen molar-refractivity contribution in [2.45, 2.75) is 39.2 Å². The average Bonchev–Trinajstić information content (AvgIpc) is 2.47. The van der Waals surface area contributed by atoms with Crippen LogP contribution in [0.15, 0.2) is 24.3 Å². The third-order valence-electron chi connectivity index (χ3n) is 3.28. The first-order valence-corrected chi connectivity index (χ1v) is 7.43. The van der Waals surface area contributed by atoms with Gasteiger partial charge in [-0.25, -0.2) is 0 Å². The second-order valence-electron chi connectivity index (χ2n) is 5.12. The maximum atomic E-state index is 12.0. The lowest BCUT2D eigenvalue weighted by molar-refractivity contribution is -0.121. The van der Waals surface area contributed by atoms with E-state index in [-0.39, 0.29) is 17.9 Å². The largest absolute Gasteiger partial charge is 0.354 e. The van der Waals surface area contributed by atoms with E-state index in [1.165, 1.54) is 0 Å². The Kier molecular flexibility index (Phi) is 7.46. The molecule has 0 aromatic heterocycles. The summed E-state index contributed by atoms with van der Waals surface area (Å²) < 4.78 is 0. The lowest BCUT2D eigenvalue weighted by Crippen LogP contribution is -2.35. The molecular weight excluding hydrogens is 266 g/mol. The van der Waals surface area contributed by atoms with Crippen LogP contribution in [0.3, 0.4) is 0 Å². The number of hydrogen-bond acceptors (Lipinski definition) is 3. The van der Waals surface area contributed by atoms with Gasteiger partial charge < -0.3 is 16.4 Å². The zero-order valence-corrected chi connectivity index (χ0v) is 12.8. The van der Waals surface area contributed by atoms with Crippen molar-refractivity contribution in [3.8, 4) is 0 Å². The summed E-state index contributed by atoms with van der Waals surface area (Å²) in [6.45, 7) is 4.86. The van der Waals surface area contributed by atoms with Crippen LogP contribution in [0.4, 0.5) is 0 Å². The smallest absolute Gasteiger partial charge is 0.251 e. The van der Waals surface area contributed by atoms with Gasteiger partial charge in [-0.2, -0.15) is 0 Å². The Labute approximate surface area is 126 Å². The number of amides is 2. The number of nitrogens with two attached hydrogens (primary N) is 1. The van der Waals surface area contributed by atoms with Crippen LogP contribution in [0.25, 0.3) is 0 Å². The number of benzene rings is 1. The molecule has 4 N–H and O–H groups in total. The Morgan fingerprint density at radius 2 is 2.10 bits per heavy atom. The van der Waals surface area contributed by atoms with E-state index in [4.69, 9.17) is 5.73 Å². The zero-order valence-electron chi connectivity index (χ0n) is 12.8. The molecule has 5 nitrogen and oxygen atoms in total. The number of carbonyl (C=O) groups is 2. The molecule has 0 bridgehead atoms. The molecule has 0 saturated heterocycles. The SMILES string of the molecule is CCC(C)NC(=O)CCNC(=O)c1cccc(CCN)c1. The molecule has 1 rings (SSSR count). The summed E-state index contributed by atoms with van der Waals surface area (Å²) in [5.41, 5.74) is 7.15. The van der Waals surface area contributed by atoms with Gasteiger partial charge in [0.1, 0.15) is 0 Å². The van der Waals surface area contributed by atoms with Crippen LogP contribution in [-0.4, -0.2) is 30.9 Å². The van der Waals surface area contributed by atoms with E-state index in [9.17, 15) is 9.59 Å². The first-order valence-electron chi connectivity index (χ1n) is 7.43. The normalized spacial score (nSPS) is 11.8. The number of nitrogens with one attached hydrogen (secondary N) is 2. The van der Waals surface area contributed by atoms with Gasteiger partial charge in [0.2, 0.25) is 5.91 Å². The summed E-state index contributed by atoms with van der Waals surface area (Å²) in [6.07, 6.45) is 1.93.